The monoisotopic (exact) mass is 569 g/mol. The molecular formula is C38H32FNOS. The van der Waals surface area contributed by atoms with E-state index in [1.165, 1.54) is 33.2 Å². The average molecular weight is 570 g/mol. The number of hydrogen-bond donors (Lipinski definition) is 1. The zero-order valence-electron chi connectivity index (χ0n) is 24.1. The van der Waals surface area contributed by atoms with Crippen molar-refractivity contribution in [3.8, 4) is 33.5 Å². The summed E-state index contributed by atoms with van der Waals surface area (Å²) in [6.07, 6.45) is 0. The van der Waals surface area contributed by atoms with Gasteiger partial charge in [-0.2, -0.15) is 0 Å². The molecule has 0 atom stereocenters. The van der Waals surface area contributed by atoms with Gasteiger partial charge in [0.2, 0.25) is 0 Å². The lowest BCUT2D eigenvalue weighted by Gasteiger charge is -2.11. The first-order chi connectivity index (χ1) is 19.9. The minimum absolute atomic E-state index is 0. The van der Waals surface area contributed by atoms with Gasteiger partial charge in [-0.05, 0) is 77.9 Å². The second-order valence-corrected chi connectivity index (χ2v) is 12.5. The summed E-state index contributed by atoms with van der Waals surface area (Å²) in [4.78, 5) is 17.6. The highest BCUT2D eigenvalue weighted by atomic mass is 32.1. The van der Waals surface area contributed by atoms with Gasteiger partial charge in [0.15, 0.2) is 5.43 Å². The molecule has 4 heteroatoms. The lowest BCUT2D eigenvalue weighted by atomic mass is 9.92. The molecule has 5 aromatic carbocycles. The van der Waals surface area contributed by atoms with Crippen LogP contribution in [0.2, 0.25) is 0 Å². The third-order valence-corrected chi connectivity index (χ3v) is 9.33. The third kappa shape index (κ3) is 4.62. The van der Waals surface area contributed by atoms with Crippen LogP contribution in [0.3, 0.4) is 0 Å². The molecule has 0 unspecified atom stereocenters. The number of benzene rings is 5. The van der Waals surface area contributed by atoms with Crippen molar-refractivity contribution < 1.29 is 4.70 Å². The SMILES string of the molecule is Cc1ccc(-c2cccc3[nH]c(-c4ccc5sc6ccc(C(C)C)cc6c(=O)c5c4)c(-c4ccc(C)cc4)c23)cc1.F. The molecule has 0 saturated carbocycles. The van der Waals surface area contributed by atoms with Gasteiger partial charge in [-0.3, -0.25) is 9.50 Å². The predicted octanol–water partition coefficient (Wildman–Crippen LogP) is 10.8. The Labute approximate surface area is 248 Å². The molecule has 0 aliphatic rings. The Morgan fingerprint density at radius 2 is 1.26 bits per heavy atom. The van der Waals surface area contributed by atoms with E-state index in [1.807, 2.05) is 0 Å². The first-order valence-electron chi connectivity index (χ1n) is 14.2. The Kier molecular flexibility index (Phi) is 7.04. The first kappa shape index (κ1) is 27.6. The number of halogens is 1. The number of nitrogens with one attached hydrogen (secondary N) is 1. The molecule has 0 radical (unpaired) electrons. The van der Waals surface area contributed by atoms with E-state index in [9.17, 15) is 4.79 Å². The second-order valence-electron chi connectivity index (χ2n) is 11.4. The number of hydrogen-bond acceptors (Lipinski definition) is 2. The van der Waals surface area contributed by atoms with E-state index < -0.39 is 0 Å². The van der Waals surface area contributed by atoms with Crippen molar-refractivity contribution >= 4 is 42.4 Å². The van der Waals surface area contributed by atoms with Crippen LogP contribution in [0.25, 0.3) is 64.6 Å². The maximum atomic E-state index is 13.9. The van der Waals surface area contributed by atoms with Gasteiger partial charge in [-0.1, -0.05) is 97.8 Å². The molecule has 0 aliphatic carbocycles. The standard InChI is InChI=1S/C38H31NOS.FH/c1-22(2)27-16-18-33-30(20-27)38(40)31-21-28(17-19-34(31)41-33)37-35(26-14-10-24(4)11-15-26)36-29(6-5-7-32(36)39-37)25-12-8-23(3)9-13-25;/h5-22,39H,1-4H3;1H. The fraction of sp³-hybridized carbons (Fsp3) is 0.132. The highest BCUT2D eigenvalue weighted by molar-refractivity contribution is 7.24. The summed E-state index contributed by atoms with van der Waals surface area (Å²) in [5, 5.41) is 2.77. The Morgan fingerprint density at radius 3 is 1.93 bits per heavy atom. The van der Waals surface area contributed by atoms with Crippen molar-refractivity contribution in [2.75, 3.05) is 0 Å². The van der Waals surface area contributed by atoms with Crippen LogP contribution in [-0.4, -0.2) is 4.98 Å². The molecule has 7 rings (SSSR count). The number of aromatic nitrogens is 1. The maximum Gasteiger partial charge on any atom is 0.195 e. The minimum Gasteiger partial charge on any atom is -0.354 e. The van der Waals surface area contributed by atoms with Crippen LogP contribution in [0.5, 0.6) is 0 Å². The van der Waals surface area contributed by atoms with Crippen LogP contribution in [-0.2, 0) is 0 Å². The maximum absolute atomic E-state index is 13.9. The van der Waals surface area contributed by atoms with Crippen LogP contribution in [0.15, 0.2) is 108 Å². The number of aromatic amines is 1. The van der Waals surface area contributed by atoms with E-state index in [4.69, 9.17) is 0 Å². The number of aryl methyl sites for hydroxylation is 2. The second kappa shape index (κ2) is 10.7. The fourth-order valence-electron chi connectivity index (χ4n) is 5.84. The van der Waals surface area contributed by atoms with E-state index in [0.717, 1.165) is 48.1 Å². The lowest BCUT2D eigenvalue weighted by molar-refractivity contribution is 0.869. The third-order valence-electron chi connectivity index (χ3n) is 8.17. The smallest absolute Gasteiger partial charge is 0.195 e. The molecular weight excluding hydrogens is 537 g/mol. The zero-order valence-corrected chi connectivity index (χ0v) is 24.9. The number of fused-ring (bicyclic) bond motifs is 3. The van der Waals surface area contributed by atoms with E-state index in [1.54, 1.807) is 11.3 Å². The van der Waals surface area contributed by atoms with Gasteiger partial charge in [-0.25, -0.2) is 0 Å². The summed E-state index contributed by atoms with van der Waals surface area (Å²) in [5.41, 5.74) is 11.6. The summed E-state index contributed by atoms with van der Waals surface area (Å²) < 4.78 is 2.05. The van der Waals surface area contributed by atoms with Crippen LogP contribution >= 0.6 is 11.3 Å². The number of rotatable bonds is 4. The van der Waals surface area contributed by atoms with Crippen LogP contribution in [0.4, 0.5) is 4.70 Å². The molecule has 2 heterocycles. The normalized spacial score (nSPS) is 11.5. The van der Waals surface area contributed by atoms with E-state index in [0.29, 0.717) is 5.92 Å². The first-order valence-corrected chi connectivity index (χ1v) is 15.0. The molecule has 2 aromatic heterocycles. The van der Waals surface area contributed by atoms with E-state index >= 15 is 0 Å². The van der Waals surface area contributed by atoms with Crippen molar-refractivity contribution in [2.24, 2.45) is 0 Å². The van der Waals surface area contributed by atoms with Crippen LogP contribution in [0.1, 0.15) is 36.5 Å². The Hall–Kier alpha value is -4.54. The van der Waals surface area contributed by atoms with Crippen molar-refractivity contribution in [1.29, 1.82) is 0 Å². The summed E-state index contributed by atoms with van der Waals surface area (Å²) in [7, 11) is 0. The molecule has 42 heavy (non-hydrogen) atoms. The van der Waals surface area contributed by atoms with Crippen molar-refractivity contribution in [2.45, 2.75) is 33.6 Å². The molecule has 7 aromatic rings. The molecule has 0 bridgehead atoms. The van der Waals surface area contributed by atoms with Gasteiger partial charge in [0, 0.05) is 36.6 Å². The fourth-order valence-corrected chi connectivity index (χ4v) is 6.87. The van der Waals surface area contributed by atoms with E-state index in [-0.39, 0.29) is 10.1 Å². The topological polar surface area (TPSA) is 32.9 Å². The van der Waals surface area contributed by atoms with Crippen molar-refractivity contribution in [3.63, 3.8) is 0 Å². The molecule has 0 amide bonds. The summed E-state index contributed by atoms with van der Waals surface area (Å²) in [6, 6.07) is 36.6. The summed E-state index contributed by atoms with van der Waals surface area (Å²) >= 11 is 1.69. The predicted molar refractivity (Wildman–Crippen MR) is 180 cm³/mol. The van der Waals surface area contributed by atoms with Crippen molar-refractivity contribution in [1.82, 2.24) is 4.98 Å². The zero-order chi connectivity index (χ0) is 28.2. The minimum atomic E-state index is 0. The highest BCUT2D eigenvalue weighted by Crippen LogP contribution is 2.43. The van der Waals surface area contributed by atoms with Gasteiger partial charge < -0.3 is 4.98 Å². The Balaban J connectivity index is 0.00000316. The van der Waals surface area contributed by atoms with Gasteiger partial charge in [-0.15, -0.1) is 11.3 Å². The average Bonchev–Trinajstić information content (AvgIpc) is 3.38. The van der Waals surface area contributed by atoms with Gasteiger partial charge in [0.05, 0.1) is 5.69 Å². The molecule has 0 spiro atoms. The lowest BCUT2D eigenvalue weighted by Crippen LogP contribution is -2.02. The molecule has 2 nitrogen and oxygen atoms in total. The summed E-state index contributed by atoms with van der Waals surface area (Å²) in [6.45, 7) is 8.57. The molecule has 0 fully saturated rings. The Morgan fingerprint density at radius 1 is 0.667 bits per heavy atom. The van der Waals surface area contributed by atoms with E-state index in [2.05, 4.69) is 136 Å². The molecule has 0 aliphatic heterocycles. The molecule has 208 valence electrons. The quantitative estimate of drug-likeness (QED) is 0.210. The van der Waals surface area contributed by atoms with Crippen LogP contribution < -0.4 is 5.43 Å². The largest absolute Gasteiger partial charge is 0.354 e. The van der Waals surface area contributed by atoms with Crippen LogP contribution in [0, 0.1) is 13.8 Å². The Bertz CT molecular complexity index is 2150. The van der Waals surface area contributed by atoms with Crippen molar-refractivity contribution in [3.05, 3.63) is 130 Å². The van der Waals surface area contributed by atoms with Gasteiger partial charge in [0.1, 0.15) is 0 Å². The van der Waals surface area contributed by atoms with Gasteiger partial charge in [0.25, 0.3) is 0 Å². The number of H-pyrrole nitrogens is 1. The molecule has 1 N–H and O–H groups in total. The summed E-state index contributed by atoms with van der Waals surface area (Å²) in [5.74, 6) is 0.372. The highest BCUT2D eigenvalue weighted by Gasteiger charge is 2.20. The van der Waals surface area contributed by atoms with Gasteiger partial charge >= 0.3 is 0 Å². The molecule has 0 saturated heterocycles.